The van der Waals surface area contributed by atoms with Gasteiger partial charge in [0.1, 0.15) is 20.8 Å². The summed E-state index contributed by atoms with van der Waals surface area (Å²) >= 11 is 2.09. The predicted octanol–water partition coefficient (Wildman–Crippen LogP) is 4.58. The van der Waals surface area contributed by atoms with E-state index in [9.17, 15) is 19.5 Å². The zero-order valence-corrected chi connectivity index (χ0v) is 18.8. The van der Waals surface area contributed by atoms with E-state index in [1.165, 1.54) is 12.1 Å². The second-order valence-electron chi connectivity index (χ2n) is 7.03. The molecular weight excluding hydrogens is 499 g/mol. The molecule has 0 saturated carbocycles. The Balaban J connectivity index is 1.87. The number of β-lactam (4-membered cyclic amide) rings is 1. The van der Waals surface area contributed by atoms with Crippen molar-refractivity contribution < 1.29 is 24.2 Å². The summed E-state index contributed by atoms with van der Waals surface area (Å²) < 4.78 is 5.65. The van der Waals surface area contributed by atoms with E-state index in [-0.39, 0.29) is 21.3 Å². The molecular formula is C22H23IN2O5. The number of hydrogen-bond acceptors (Lipinski definition) is 4. The summed E-state index contributed by atoms with van der Waals surface area (Å²) in [5.74, 6) is -1.33. The van der Waals surface area contributed by atoms with Crippen LogP contribution >= 0.6 is 22.6 Å². The third-order valence-electron chi connectivity index (χ3n) is 5.53. The van der Waals surface area contributed by atoms with E-state index < -0.39 is 23.6 Å². The van der Waals surface area contributed by atoms with Crippen LogP contribution < -0.4 is 10.1 Å². The summed E-state index contributed by atoms with van der Waals surface area (Å²) in [6, 6.07) is 15.0. The SMILES string of the molecule is CCC1(CC)C(=O)N(C(=O)NC(I)c2ccccc2)C1Oc1ccccc1C(=O)O. The van der Waals surface area contributed by atoms with Crippen molar-refractivity contribution in [3.05, 3.63) is 65.7 Å². The molecule has 2 atom stereocenters. The molecule has 7 nitrogen and oxygen atoms in total. The van der Waals surface area contributed by atoms with E-state index in [1.807, 2.05) is 44.2 Å². The van der Waals surface area contributed by atoms with Gasteiger partial charge in [-0.05, 0) is 30.5 Å². The maximum atomic E-state index is 13.0. The molecule has 3 amide bonds. The minimum Gasteiger partial charge on any atom is -0.478 e. The number of imide groups is 1. The van der Waals surface area contributed by atoms with Gasteiger partial charge in [0.2, 0.25) is 5.91 Å². The molecule has 3 rings (SSSR count). The Morgan fingerprint density at radius 2 is 1.73 bits per heavy atom. The normalized spacial score (nSPS) is 18.3. The van der Waals surface area contributed by atoms with Crippen molar-refractivity contribution >= 4 is 40.5 Å². The molecule has 158 valence electrons. The lowest BCUT2D eigenvalue weighted by atomic mass is 9.72. The monoisotopic (exact) mass is 522 g/mol. The number of carbonyl (C=O) groups is 3. The highest BCUT2D eigenvalue weighted by Crippen LogP contribution is 2.46. The van der Waals surface area contributed by atoms with Crippen molar-refractivity contribution in [3.8, 4) is 5.75 Å². The fourth-order valence-corrected chi connectivity index (χ4v) is 4.33. The summed E-state index contributed by atoms with van der Waals surface area (Å²) in [6.07, 6.45) is 0.0522. The Bertz CT molecular complexity index is 946. The van der Waals surface area contributed by atoms with Crippen molar-refractivity contribution in [1.82, 2.24) is 10.2 Å². The lowest BCUT2D eigenvalue weighted by molar-refractivity contribution is -0.190. The number of carboxylic acids is 1. The van der Waals surface area contributed by atoms with Gasteiger partial charge in [-0.3, -0.25) is 4.79 Å². The molecule has 0 bridgehead atoms. The topological polar surface area (TPSA) is 95.9 Å². The third kappa shape index (κ3) is 3.88. The number of halogens is 1. The van der Waals surface area contributed by atoms with Crippen LogP contribution in [0.1, 0.15) is 46.7 Å². The minimum atomic E-state index is -1.14. The molecule has 1 fully saturated rings. The van der Waals surface area contributed by atoms with Gasteiger partial charge in [0.15, 0.2) is 6.23 Å². The number of benzene rings is 2. The van der Waals surface area contributed by atoms with Crippen molar-refractivity contribution in [2.45, 2.75) is 37.0 Å². The van der Waals surface area contributed by atoms with Crippen molar-refractivity contribution in [3.63, 3.8) is 0 Å². The van der Waals surface area contributed by atoms with Crippen LogP contribution in [-0.2, 0) is 4.79 Å². The smallest absolute Gasteiger partial charge is 0.339 e. The van der Waals surface area contributed by atoms with Crippen LogP contribution in [0.3, 0.4) is 0 Å². The molecule has 0 spiro atoms. The number of ether oxygens (including phenoxy) is 1. The molecule has 2 N–H and O–H groups in total. The average molecular weight is 522 g/mol. The first-order chi connectivity index (χ1) is 14.4. The fourth-order valence-electron chi connectivity index (χ4n) is 3.65. The van der Waals surface area contributed by atoms with Gasteiger partial charge in [0.05, 0.1) is 0 Å². The standard InChI is InChI=1S/C22H23IN2O5/c1-3-22(4-2)19(28)25(21(29)24-17(23)14-10-6-5-7-11-14)20(22)30-16-13-9-8-12-15(16)18(26)27/h5-13,17,20H,3-4H2,1-2H3,(H,24,29)(H,26,27). The van der Waals surface area contributed by atoms with E-state index in [2.05, 4.69) is 27.9 Å². The number of nitrogens with one attached hydrogen (secondary N) is 1. The molecule has 2 aromatic carbocycles. The van der Waals surface area contributed by atoms with Crippen LogP contribution in [0.25, 0.3) is 0 Å². The van der Waals surface area contributed by atoms with Gasteiger partial charge in [-0.1, -0.05) is 78.9 Å². The van der Waals surface area contributed by atoms with Gasteiger partial charge in [-0.15, -0.1) is 0 Å². The quantitative estimate of drug-likeness (QED) is 0.240. The number of amides is 3. The highest BCUT2D eigenvalue weighted by Gasteiger charge is 2.63. The Hall–Kier alpha value is -2.62. The van der Waals surface area contributed by atoms with Crippen LogP contribution in [0.15, 0.2) is 54.6 Å². The van der Waals surface area contributed by atoms with E-state index in [0.29, 0.717) is 12.8 Å². The van der Waals surface area contributed by atoms with Gasteiger partial charge < -0.3 is 15.2 Å². The first-order valence-corrected chi connectivity index (χ1v) is 10.9. The van der Waals surface area contributed by atoms with Crippen LogP contribution in [0, 0.1) is 5.41 Å². The number of rotatable bonds is 7. The maximum Gasteiger partial charge on any atom is 0.339 e. The summed E-state index contributed by atoms with van der Waals surface area (Å²) in [5.41, 5.74) is -0.00375. The first kappa shape index (κ1) is 22.1. The lowest BCUT2D eigenvalue weighted by Gasteiger charge is -2.53. The largest absolute Gasteiger partial charge is 0.478 e. The second-order valence-corrected chi connectivity index (χ2v) is 8.28. The van der Waals surface area contributed by atoms with E-state index in [4.69, 9.17) is 4.74 Å². The molecule has 0 radical (unpaired) electrons. The maximum absolute atomic E-state index is 13.0. The minimum absolute atomic E-state index is 0.0191. The van der Waals surface area contributed by atoms with Crippen LogP contribution in [0.4, 0.5) is 4.79 Å². The highest BCUT2D eigenvalue weighted by atomic mass is 127. The molecule has 30 heavy (non-hydrogen) atoms. The molecule has 0 aromatic heterocycles. The summed E-state index contributed by atoms with van der Waals surface area (Å²) in [5, 5.41) is 12.3. The predicted molar refractivity (Wildman–Crippen MR) is 119 cm³/mol. The molecule has 1 heterocycles. The zero-order valence-electron chi connectivity index (χ0n) is 16.7. The van der Waals surface area contributed by atoms with E-state index in [0.717, 1.165) is 10.5 Å². The molecule has 2 aromatic rings. The number of para-hydroxylation sites is 1. The number of hydrogen-bond donors (Lipinski definition) is 2. The number of nitrogens with zero attached hydrogens (tertiary/aromatic N) is 1. The molecule has 2 unspecified atom stereocenters. The first-order valence-electron chi connectivity index (χ1n) is 9.67. The number of aromatic carboxylic acids is 1. The summed E-state index contributed by atoms with van der Waals surface area (Å²) in [6.45, 7) is 3.72. The number of likely N-dealkylation sites (tertiary alicyclic amines) is 1. The molecule has 1 saturated heterocycles. The molecule has 1 aliphatic rings. The number of carboxylic acid groups (broad SMARTS) is 1. The van der Waals surface area contributed by atoms with Crippen LogP contribution in [-0.4, -0.2) is 34.1 Å². The summed E-state index contributed by atoms with van der Waals surface area (Å²) in [7, 11) is 0. The Morgan fingerprint density at radius 3 is 2.33 bits per heavy atom. The average Bonchev–Trinajstić information content (AvgIpc) is 2.75. The summed E-state index contributed by atoms with van der Waals surface area (Å²) in [4.78, 5) is 38.5. The van der Waals surface area contributed by atoms with Gasteiger partial charge in [-0.25, -0.2) is 14.5 Å². The highest BCUT2D eigenvalue weighted by molar-refractivity contribution is 14.1. The Labute approximate surface area is 188 Å². The lowest BCUT2D eigenvalue weighted by Crippen LogP contribution is -2.73. The second kappa shape index (κ2) is 9.03. The van der Waals surface area contributed by atoms with Crippen LogP contribution in [0.2, 0.25) is 0 Å². The van der Waals surface area contributed by atoms with Crippen molar-refractivity contribution in [2.75, 3.05) is 0 Å². The van der Waals surface area contributed by atoms with Gasteiger partial charge in [0, 0.05) is 0 Å². The number of carbonyl (C=O) groups excluding carboxylic acids is 2. The van der Waals surface area contributed by atoms with Crippen molar-refractivity contribution in [2.24, 2.45) is 5.41 Å². The molecule has 1 aliphatic heterocycles. The third-order valence-corrected chi connectivity index (χ3v) is 6.56. The Morgan fingerprint density at radius 1 is 1.13 bits per heavy atom. The van der Waals surface area contributed by atoms with Gasteiger partial charge in [0.25, 0.3) is 0 Å². The van der Waals surface area contributed by atoms with E-state index >= 15 is 0 Å². The Kier molecular flexibility index (Phi) is 6.64. The fraction of sp³-hybridized carbons (Fsp3) is 0.318. The van der Waals surface area contributed by atoms with Gasteiger partial charge >= 0.3 is 12.0 Å². The zero-order chi connectivity index (χ0) is 21.9. The molecule has 0 aliphatic carbocycles. The van der Waals surface area contributed by atoms with Gasteiger partial charge in [-0.2, -0.15) is 0 Å². The number of urea groups is 1. The molecule has 8 heteroatoms. The number of alkyl halides is 1. The van der Waals surface area contributed by atoms with Crippen molar-refractivity contribution in [1.29, 1.82) is 0 Å². The van der Waals surface area contributed by atoms with Crippen LogP contribution in [0.5, 0.6) is 5.75 Å². The van der Waals surface area contributed by atoms with E-state index in [1.54, 1.807) is 12.1 Å².